The molecule has 2 heterocycles. The topological polar surface area (TPSA) is 68.5 Å². The number of alkyl halides is 2. The number of carbonyl (C=O) groups is 1. The Labute approximate surface area is 160 Å². The molecule has 3 aliphatic rings. The minimum absolute atomic E-state index is 0.0462. The summed E-state index contributed by atoms with van der Waals surface area (Å²) in [5, 5.41) is 7.26. The Morgan fingerprint density at radius 1 is 1.37 bits per heavy atom. The molecule has 3 aliphatic carbocycles. The average Bonchev–Trinajstić information content (AvgIpc) is 3.07. The first kappa shape index (κ1) is 18.4. The van der Waals surface area contributed by atoms with Crippen molar-refractivity contribution in [1.82, 2.24) is 14.6 Å². The van der Waals surface area contributed by atoms with Crippen LogP contribution in [-0.4, -0.2) is 33.2 Å². The largest absolute Gasteiger partial charge is 0.466 e. The van der Waals surface area contributed by atoms with Gasteiger partial charge >= 0.3 is 5.97 Å². The molecule has 0 aromatic carbocycles. The van der Waals surface area contributed by atoms with Gasteiger partial charge in [-0.3, -0.25) is 4.79 Å². The van der Waals surface area contributed by atoms with E-state index in [2.05, 4.69) is 15.4 Å². The smallest absolute Gasteiger partial charge is 0.311 e. The number of ether oxygens (including phenoxy) is 1. The van der Waals surface area contributed by atoms with Crippen molar-refractivity contribution in [2.45, 2.75) is 45.1 Å². The Balaban J connectivity index is 1.70. The SMILES string of the molecule is CCOC(=O)[C@H]1C2CCC(CC2)[C@@H]1Nc1nc(Cl)nn2cc(C(F)F)cc12. The molecule has 27 heavy (non-hydrogen) atoms. The zero-order chi connectivity index (χ0) is 19.1. The molecule has 5 rings (SSSR count). The van der Waals surface area contributed by atoms with Gasteiger partial charge in [-0.1, -0.05) is 0 Å². The number of nitrogens with one attached hydrogen (secondary N) is 1. The number of nitrogens with zero attached hydrogens (tertiary/aromatic N) is 3. The van der Waals surface area contributed by atoms with Gasteiger partial charge in [0.15, 0.2) is 5.82 Å². The summed E-state index contributed by atoms with van der Waals surface area (Å²) in [6.45, 7) is 2.13. The van der Waals surface area contributed by atoms with E-state index in [0.717, 1.165) is 25.7 Å². The Hall–Kier alpha value is -1.96. The van der Waals surface area contributed by atoms with E-state index in [9.17, 15) is 13.6 Å². The van der Waals surface area contributed by atoms with Crippen LogP contribution >= 0.6 is 11.6 Å². The van der Waals surface area contributed by atoms with Gasteiger partial charge in [0.2, 0.25) is 5.28 Å². The molecule has 1 N–H and O–H groups in total. The van der Waals surface area contributed by atoms with Crippen LogP contribution in [0.2, 0.25) is 5.28 Å². The third-order valence-corrected chi connectivity index (χ3v) is 5.95. The van der Waals surface area contributed by atoms with Gasteiger partial charge in [0.1, 0.15) is 5.52 Å². The molecular formula is C18H21ClF2N4O2. The molecule has 0 saturated heterocycles. The number of rotatable bonds is 5. The number of esters is 1. The second-order valence-corrected chi connectivity index (χ2v) is 7.59. The van der Waals surface area contributed by atoms with Crippen LogP contribution in [0, 0.1) is 17.8 Å². The van der Waals surface area contributed by atoms with Gasteiger partial charge in [-0.2, -0.15) is 4.98 Å². The number of fused-ring (bicyclic) bond motifs is 4. The normalized spacial score (nSPS) is 27.3. The highest BCUT2D eigenvalue weighted by molar-refractivity contribution is 6.28. The predicted molar refractivity (Wildman–Crippen MR) is 95.9 cm³/mol. The molecule has 9 heteroatoms. The Kier molecular flexibility index (Phi) is 4.92. The number of carbonyl (C=O) groups excluding carboxylic acids is 1. The van der Waals surface area contributed by atoms with Gasteiger partial charge in [0.25, 0.3) is 6.43 Å². The predicted octanol–water partition coefficient (Wildman–Crippen LogP) is 4.10. The van der Waals surface area contributed by atoms with Crippen LogP contribution in [0.4, 0.5) is 14.6 Å². The lowest BCUT2D eigenvalue weighted by Crippen LogP contribution is -2.52. The standard InChI is InChI=1S/C18H21ClF2N4O2/c1-2-27-17(26)13-9-3-5-10(6-4-9)14(13)22-16-12-7-11(15(20)21)8-25(12)24-18(19)23-16/h7-10,13-15H,2-6H2,1H3,(H,22,23,24)/t9?,10?,13-,14-/m0/s1. The van der Waals surface area contributed by atoms with Crippen molar-refractivity contribution in [1.29, 1.82) is 0 Å². The summed E-state index contributed by atoms with van der Waals surface area (Å²) in [4.78, 5) is 16.8. The fraction of sp³-hybridized carbons (Fsp3) is 0.611. The van der Waals surface area contributed by atoms with E-state index < -0.39 is 6.43 Å². The highest BCUT2D eigenvalue weighted by atomic mass is 35.5. The molecule has 0 unspecified atom stereocenters. The van der Waals surface area contributed by atoms with Crippen molar-refractivity contribution in [2.75, 3.05) is 11.9 Å². The third kappa shape index (κ3) is 3.35. The molecule has 0 spiro atoms. The Morgan fingerprint density at radius 3 is 2.74 bits per heavy atom. The van der Waals surface area contributed by atoms with Crippen molar-refractivity contribution < 1.29 is 18.3 Å². The maximum absolute atomic E-state index is 13.1. The summed E-state index contributed by atoms with van der Waals surface area (Å²) in [7, 11) is 0. The van der Waals surface area contributed by atoms with E-state index in [0.29, 0.717) is 23.9 Å². The minimum atomic E-state index is -2.61. The number of anilines is 1. The number of aromatic nitrogens is 3. The van der Waals surface area contributed by atoms with Gasteiger partial charge in [-0.15, -0.1) is 5.10 Å². The van der Waals surface area contributed by atoms with Gasteiger partial charge in [0, 0.05) is 17.8 Å². The molecular weight excluding hydrogens is 378 g/mol. The molecule has 6 nitrogen and oxygen atoms in total. The van der Waals surface area contributed by atoms with E-state index >= 15 is 0 Å². The van der Waals surface area contributed by atoms with Crippen LogP contribution < -0.4 is 5.32 Å². The summed E-state index contributed by atoms with van der Waals surface area (Å²) < 4.78 is 32.8. The molecule has 0 aliphatic heterocycles. The maximum atomic E-state index is 13.1. The molecule has 3 fully saturated rings. The van der Waals surface area contributed by atoms with E-state index in [4.69, 9.17) is 16.3 Å². The Bertz CT molecular complexity index is 851. The van der Waals surface area contributed by atoms with Crippen molar-refractivity contribution >= 4 is 28.9 Å². The van der Waals surface area contributed by atoms with Crippen LogP contribution in [0.15, 0.2) is 12.3 Å². The maximum Gasteiger partial charge on any atom is 0.311 e. The van der Waals surface area contributed by atoms with E-state index in [1.807, 2.05) is 0 Å². The highest BCUT2D eigenvalue weighted by Gasteiger charge is 2.48. The first-order valence-corrected chi connectivity index (χ1v) is 9.63. The van der Waals surface area contributed by atoms with E-state index in [1.165, 1.54) is 16.8 Å². The molecule has 0 radical (unpaired) electrons. The van der Waals surface area contributed by atoms with Crippen molar-refractivity contribution in [2.24, 2.45) is 17.8 Å². The quantitative estimate of drug-likeness (QED) is 0.768. The summed E-state index contributed by atoms with van der Waals surface area (Å²) in [6.07, 6.45) is 2.69. The monoisotopic (exact) mass is 398 g/mol. The number of hydrogen-bond donors (Lipinski definition) is 1. The number of halogens is 3. The molecule has 2 aromatic rings. The lowest BCUT2D eigenvalue weighted by molar-refractivity contribution is -0.154. The fourth-order valence-corrected chi connectivity index (χ4v) is 4.78. The van der Waals surface area contributed by atoms with Crippen LogP contribution in [-0.2, 0) is 9.53 Å². The zero-order valence-corrected chi connectivity index (χ0v) is 15.6. The molecule has 3 saturated carbocycles. The zero-order valence-electron chi connectivity index (χ0n) is 14.9. The molecule has 2 aromatic heterocycles. The summed E-state index contributed by atoms with van der Waals surface area (Å²) in [5.41, 5.74) is 0.264. The Morgan fingerprint density at radius 2 is 2.07 bits per heavy atom. The van der Waals surface area contributed by atoms with Gasteiger partial charge < -0.3 is 10.1 Å². The average molecular weight is 399 g/mol. The van der Waals surface area contributed by atoms with Gasteiger partial charge in [0.05, 0.1) is 12.5 Å². The second-order valence-electron chi connectivity index (χ2n) is 7.26. The molecule has 146 valence electrons. The van der Waals surface area contributed by atoms with Crippen LogP contribution in [0.1, 0.15) is 44.6 Å². The van der Waals surface area contributed by atoms with E-state index in [-0.39, 0.29) is 34.7 Å². The highest BCUT2D eigenvalue weighted by Crippen LogP contribution is 2.47. The minimum Gasteiger partial charge on any atom is -0.466 e. The first-order valence-electron chi connectivity index (χ1n) is 9.25. The van der Waals surface area contributed by atoms with Gasteiger partial charge in [-0.25, -0.2) is 13.3 Å². The van der Waals surface area contributed by atoms with E-state index in [1.54, 1.807) is 6.92 Å². The first-order chi connectivity index (χ1) is 13.0. The fourth-order valence-electron chi connectivity index (χ4n) is 4.61. The van der Waals surface area contributed by atoms with Crippen molar-refractivity contribution in [3.63, 3.8) is 0 Å². The van der Waals surface area contributed by atoms with Gasteiger partial charge in [-0.05, 0) is 62.1 Å². The summed E-state index contributed by atoms with van der Waals surface area (Å²) >= 11 is 6.00. The lowest BCUT2D eigenvalue weighted by Gasteiger charge is -2.47. The van der Waals surface area contributed by atoms with Crippen LogP contribution in [0.25, 0.3) is 5.52 Å². The van der Waals surface area contributed by atoms with Crippen molar-refractivity contribution in [3.8, 4) is 0 Å². The second kappa shape index (κ2) is 7.22. The van der Waals surface area contributed by atoms with Crippen molar-refractivity contribution in [3.05, 3.63) is 23.1 Å². The van der Waals surface area contributed by atoms with Crippen LogP contribution in [0.5, 0.6) is 0 Å². The van der Waals surface area contributed by atoms with Crippen LogP contribution in [0.3, 0.4) is 0 Å². The lowest BCUT2D eigenvalue weighted by atomic mass is 9.61. The molecule has 2 bridgehead atoms. The summed E-state index contributed by atoms with van der Waals surface area (Å²) in [6, 6.07) is 1.19. The molecule has 0 amide bonds. The number of hydrogen-bond acceptors (Lipinski definition) is 5. The third-order valence-electron chi connectivity index (χ3n) is 5.79. The molecule has 2 atom stereocenters. The summed E-state index contributed by atoms with van der Waals surface area (Å²) in [5.74, 6) is 0.472.